The van der Waals surface area contributed by atoms with Gasteiger partial charge in [0.15, 0.2) is 6.23 Å². The highest BCUT2D eigenvalue weighted by Gasteiger charge is 2.54. The first-order valence-corrected chi connectivity index (χ1v) is 21.4. The number of aliphatic hydroxyl groups excluding tert-OH is 3. The molecule has 1 fully saturated rings. The number of ether oxygens (including phenoxy) is 3. The summed E-state index contributed by atoms with van der Waals surface area (Å²) in [5.74, 6) is -7.06. The summed E-state index contributed by atoms with van der Waals surface area (Å²) in [6.45, 7) is 5.94. The van der Waals surface area contributed by atoms with Gasteiger partial charge < -0.3 is 45.1 Å². The Morgan fingerprint density at radius 3 is 2.36 bits per heavy atom. The van der Waals surface area contributed by atoms with E-state index in [0.717, 1.165) is 12.1 Å². The number of hydrazine groups is 1. The largest absolute Gasteiger partial charge is 0.510 e. The van der Waals surface area contributed by atoms with Crippen molar-refractivity contribution in [2.24, 2.45) is 16.8 Å². The topological polar surface area (TPSA) is 155 Å². The van der Waals surface area contributed by atoms with Crippen LogP contribution in [0.4, 0.5) is 32.0 Å². The fourth-order valence-corrected chi connectivity index (χ4v) is 8.88. The zero-order valence-corrected chi connectivity index (χ0v) is 37.8. The second kappa shape index (κ2) is 21.1. The van der Waals surface area contributed by atoms with Crippen molar-refractivity contribution in [1.82, 2.24) is 25.1 Å². The molecule has 5 rings (SSSR count). The molecule has 20 heteroatoms. The van der Waals surface area contributed by atoms with Crippen LogP contribution in [0.2, 0.25) is 0 Å². The maximum atomic E-state index is 17.0. The molecule has 1 saturated carbocycles. The quantitative estimate of drug-likeness (QED) is 0.0650. The fourth-order valence-electron chi connectivity index (χ4n) is 8.88. The van der Waals surface area contributed by atoms with Gasteiger partial charge in [0.25, 0.3) is 11.8 Å². The lowest BCUT2D eigenvalue weighted by Crippen LogP contribution is -2.65. The molecule has 1 amide bonds. The summed E-state index contributed by atoms with van der Waals surface area (Å²) in [7, 11) is 8.43. The van der Waals surface area contributed by atoms with Crippen LogP contribution in [0.1, 0.15) is 64.0 Å². The van der Waals surface area contributed by atoms with Gasteiger partial charge in [0.2, 0.25) is 0 Å². The van der Waals surface area contributed by atoms with Crippen molar-refractivity contribution in [1.29, 1.82) is 0 Å². The lowest BCUT2D eigenvalue weighted by Gasteiger charge is -2.52. The predicted molar refractivity (Wildman–Crippen MR) is 229 cm³/mol. The highest BCUT2D eigenvalue weighted by atomic mass is 19.4. The van der Waals surface area contributed by atoms with Crippen LogP contribution >= 0.6 is 0 Å². The highest BCUT2D eigenvalue weighted by molar-refractivity contribution is 6.16. The molecule has 4 aliphatic rings. The molecule has 1 spiro atoms. The summed E-state index contributed by atoms with van der Waals surface area (Å²) >= 11 is 0. The van der Waals surface area contributed by atoms with E-state index in [4.69, 9.17) is 14.2 Å². The minimum Gasteiger partial charge on any atom is -0.510 e. The Labute approximate surface area is 370 Å². The smallest absolute Gasteiger partial charge is 0.416 e. The van der Waals surface area contributed by atoms with Crippen LogP contribution in [0.5, 0.6) is 0 Å². The van der Waals surface area contributed by atoms with Gasteiger partial charge in [0, 0.05) is 83.6 Å². The molecule has 0 saturated heterocycles. The van der Waals surface area contributed by atoms with Gasteiger partial charge in [0.05, 0.1) is 34.8 Å². The Kier molecular flexibility index (Phi) is 16.8. The SMILES string of the molecule is COCCCN(C)[C@H](O)C1=C(OCCN(C)CCOC)C(C)=C(F)C(CN2[C@H](O)C(C(=O)Nc3ccc(C(F)(F)F)cc3C3=NCNC(C(C)(F)F)=C3)=C(O)C3(CCCC3)N2C)C1C. The zero-order chi connectivity index (χ0) is 47.3. The number of alkyl halides is 5. The number of carbonyl (C=O) groups excluding carboxylic acids is 1. The maximum Gasteiger partial charge on any atom is 0.416 e. The number of aliphatic imine (C=N–C) groups is 1. The Balaban J connectivity index is 1.52. The minimum absolute atomic E-state index is 0.150. The summed E-state index contributed by atoms with van der Waals surface area (Å²) < 4.78 is 104. The van der Waals surface area contributed by atoms with E-state index in [1.165, 1.54) is 5.01 Å². The summed E-state index contributed by atoms with van der Waals surface area (Å²) in [6, 6.07) is 2.34. The van der Waals surface area contributed by atoms with Gasteiger partial charge in [-0.1, -0.05) is 19.8 Å². The van der Waals surface area contributed by atoms with E-state index < -0.39 is 76.3 Å². The van der Waals surface area contributed by atoms with Gasteiger partial charge in [-0.25, -0.2) is 23.2 Å². The zero-order valence-electron chi connectivity index (χ0n) is 37.8. The molecule has 5 N–H and O–H groups in total. The number of rotatable bonds is 19. The molecule has 2 heterocycles. The van der Waals surface area contributed by atoms with Crippen molar-refractivity contribution in [3.05, 3.63) is 75.2 Å². The van der Waals surface area contributed by atoms with Crippen LogP contribution in [-0.4, -0.2) is 159 Å². The van der Waals surface area contributed by atoms with Crippen LogP contribution in [-0.2, 0) is 25.2 Å². The van der Waals surface area contributed by atoms with Gasteiger partial charge in [0.1, 0.15) is 42.4 Å². The number of carbonyl (C=O) groups is 1. The van der Waals surface area contributed by atoms with E-state index in [9.17, 15) is 42.1 Å². The first kappa shape index (κ1) is 51.0. The van der Waals surface area contributed by atoms with E-state index in [1.807, 2.05) is 11.9 Å². The van der Waals surface area contributed by atoms with Crippen molar-refractivity contribution in [3.8, 4) is 0 Å². The fraction of sp³-hybridized carbons (Fsp3) is 0.636. The van der Waals surface area contributed by atoms with E-state index >= 15 is 4.39 Å². The number of allylic oxidation sites excluding steroid dienone is 3. The third kappa shape index (κ3) is 11.0. The molecule has 1 aromatic carbocycles. The normalized spacial score (nSPS) is 23.0. The van der Waals surface area contributed by atoms with Crippen molar-refractivity contribution < 1.29 is 60.7 Å². The number of nitrogens with one attached hydrogen (secondary N) is 2. The minimum atomic E-state index is -4.84. The van der Waals surface area contributed by atoms with Crippen LogP contribution in [0, 0.1) is 11.8 Å². The number of nitrogens with zero attached hydrogens (tertiary/aromatic N) is 5. The van der Waals surface area contributed by atoms with Gasteiger partial charge >= 0.3 is 6.18 Å². The number of hydrogen-bond donors (Lipinski definition) is 5. The highest BCUT2D eigenvalue weighted by Crippen LogP contribution is 2.48. The number of anilines is 1. The number of aliphatic hydroxyl groups is 3. The number of amides is 1. The number of likely N-dealkylation sites (N-methyl/N-ethyl adjacent to an activating group) is 3. The monoisotopic (exact) mass is 915 g/mol. The van der Waals surface area contributed by atoms with Crippen molar-refractivity contribution in [2.75, 3.05) is 93.3 Å². The molecular weight excluding hydrogens is 853 g/mol. The summed E-state index contributed by atoms with van der Waals surface area (Å²) in [6.07, 6.45) is -4.54. The maximum absolute atomic E-state index is 17.0. The van der Waals surface area contributed by atoms with Crippen molar-refractivity contribution in [2.45, 2.75) is 83.0 Å². The number of hydrogen-bond acceptors (Lipinski definition) is 13. The summed E-state index contributed by atoms with van der Waals surface area (Å²) in [4.78, 5) is 22.3. The third-order valence-electron chi connectivity index (χ3n) is 12.8. The van der Waals surface area contributed by atoms with Crippen LogP contribution < -0.4 is 10.6 Å². The molecule has 2 aliphatic carbocycles. The van der Waals surface area contributed by atoms with Crippen LogP contribution in [0.15, 0.2) is 69.0 Å². The van der Waals surface area contributed by atoms with Gasteiger partial charge in [-0.05, 0) is 70.5 Å². The standard InChI is InChI=1S/C44H63F6N7O7/c1-26-30(36(45)27(2)37(64-21-18-54(4)17-20-63-8)34(26)40(60)55(5)16-11-19-62-7)24-57-41(61)35(38(58)43(56(57)6)14-9-10-15-43)39(59)53-31-13-12-28(44(48,49)50)22-29(31)32-23-33(42(3,46)47)52-25-51-32/h12-13,22-23,26,30,40-41,52,58,60-61H,9-11,14-21,24-25H2,1-8H3,(H,53,59)/t26?,30?,40-,41-/m1/s1. The average molecular weight is 916 g/mol. The lowest BCUT2D eigenvalue weighted by atomic mass is 9.77. The van der Waals surface area contributed by atoms with Crippen LogP contribution in [0.25, 0.3) is 0 Å². The van der Waals surface area contributed by atoms with Gasteiger partial charge in [-0.3, -0.25) is 14.7 Å². The van der Waals surface area contributed by atoms with E-state index in [1.54, 1.807) is 52.1 Å². The molecule has 4 atom stereocenters. The molecule has 2 aliphatic heterocycles. The molecule has 358 valence electrons. The second-order valence-electron chi connectivity index (χ2n) is 17.1. The number of benzene rings is 1. The molecule has 64 heavy (non-hydrogen) atoms. The Bertz CT molecular complexity index is 2000. The van der Waals surface area contributed by atoms with Crippen molar-refractivity contribution >= 4 is 17.3 Å². The second-order valence-corrected chi connectivity index (χ2v) is 17.1. The Morgan fingerprint density at radius 1 is 1.08 bits per heavy atom. The summed E-state index contributed by atoms with van der Waals surface area (Å²) in [5, 5.41) is 44.0. The molecule has 2 unspecified atom stereocenters. The van der Waals surface area contributed by atoms with E-state index in [0.29, 0.717) is 89.6 Å². The van der Waals surface area contributed by atoms with E-state index in [-0.39, 0.29) is 48.1 Å². The average Bonchev–Trinajstić information content (AvgIpc) is 3.74. The van der Waals surface area contributed by atoms with Gasteiger partial charge in [-0.2, -0.15) is 13.2 Å². The Hall–Kier alpha value is -4.02. The third-order valence-corrected chi connectivity index (χ3v) is 12.8. The first-order valence-electron chi connectivity index (χ1n) is 21.4. The molecule has 14 nitrogen and oxygen atoms in total. The molecular formula is C44H63F6N7O7. The predicted octanol–water partition coefficient (Wildman–Crippen LogP) is 5.78. The number of methoxy groups -OCH3 is 2. The van der Waals surface area contributed by atoms with E-state index in [2.05, 4.69) is 15.6 Å². The molecule has 1 aromatic rings. The van der Waals surface area contributed by atoms with Gasteiger partial charge in [-0.15, -0.1) is 0 Å². The molecule has 0 bridgehead atoms. The molecule has 0 aromatic heterocycles. The molecule has 0 radical (unpaired) electrons. The van der Waals surface area contributed by atoms with Crippen molar-refractivity contribution in [3.63, 3.8) is 0 Å². The lowest BCUT2D eigenvalue weighted by molar-refractivity contribution is -0.184. The van der Waals surface area contributed by atoms with Crippen LogP contribution in [0.3, 0.4) is 0 Å². The summed E-state index contributed by atoms with van der Waals surface area (Å²) in [5.41, 5.74) is -3.77. The first-order chi connectivity index (χ1) is 30.1. The Morgan fingerprint density at radius 2 is 1.73 bits per heavy atom. The number of halogens is 6.